The van der Waals surface area contributed by atoms with E-state index in [0.717, 1.165) is 22.0 Å². The maximum absolute atomic E-state index is 11.9. The SMILES string of the molecule is CCCNS(=O)(=O)c1cc(C)c(Br)c(C)c1. The summed E-state index contributed by atoms with van der Waals surface area (Å²) in [6.07, 6.45) is 0.785. The van der Waals surface area contributed by atoms with Crippen LogP contribution in [-0.4, -0.2) is 15.0 Å². The van der Waals surface area contributed by atoms with Crippen molar-refractivity contribution in [3.05, 3.63) is 27.7 Å². The molecule has 90 valence electrons. The standard InChI is InChI=1S/C11H16BrNO2S/c1-4-5-13-16(14,15)10-6-8(2)11(12)9(3)7-10/h6-7,13H,4-5H2,1-3H3. The Labute approximate surface area is 105 Å². The molecule has 0 amide bonds. The third kappa shape index (κ3) is 3.06. The summed E-state index contributed by atoms with van der Waals surface area (Å²) in [5.41, 5.74) is 1.86. The number of benzene rings is 1. The number of hydrogen-bond donors (Lipinski definition) is 1. The molecule has 0 atom stereocenters. The average molecular weight is 306 g/mol. The number of hydrogen-bond acceptors (Lipinski definition) is 2. The molecule has 3 nitrogen and oxygen atoms in total. The lowest BCUT2D eigenvalue weighted by Crippen LogP contribution is -2.24. The Morgan fingerprint density at radius 2 is 1.75 bits per heavy atom. The lowest BCUT2D eigenvalue weighted by atomic mass is 10.2. The zero-order valence-corrected chi connectivity index (χ0v) is 12.1. The van der Waals surface area contributed by atoms with Gasteiger partial charge in [0.25, 0.3) is 0 Å². The lowest BCUT2D eigenvalue weighted by molar-refractivity contribution is 0.580. The van der Waals surface area contributed by atoms with Gasteiger partial charge in [0.2, 0.25) is 10.0 Å². The van der Waals surface area contributed by atoms with Crippen LogP contribution in [0.25, 0.3) is 0 Å². The number of nitrogens with one attached hydrogen (secondary N) is 1. The molecule has 0 radical (unpaired) electrons. The Balaban J connectivity index is 3.14. The third-order valence-electron chi connectivity index (χ3n) is 2.26. The monoisotopic (exact) mass is 305 g/mol. The van der Waals surface area contributed by atoms with Gasteiger partial charge in [-0.1, -0.05) is 22.9 Å². The molecule has 0 aliphatic carbocycles. The molecule has 0 bridgehead atoms. The van der Waals surface area contributed by atoms with Crippen molar-refractivity contribution >= 4 is 26.0 Å². The Bertz CT molecular complexity index is 460. The first kappa shape index (κ1) is 13.7. The van der Waals surface area contributed by atoms with Crippen molar-refractivity contribution in [2.24, 2.45) is 0 Å². The van der Waals surface area contributed by atoms with Crippen LogP contribution in [0, 0.1) is 13.8 Å². The van der Waals surface area contributed by atoms with Crippen molar-refractivity contribution in [1.29, 1.82) is 0 Å². The molecule has 16 heavy (non-hydrogen) atoms. The summed E-state index contributed by atoms with van der Waals surface area (Å²) in [5, 5.41) is 0. The van der Waals surface area contributed by atoms with Gasteiger partial charge in [0.1, 0.15) is 0 Å². The van der Waals surface area contributed by atoms with E-state index in [1.54, 1.807) is 12.1 Å². The van der Waals surface area contributed by atoms with Gasteiger partial charge in [-0.15, -0.1) is 0 Å². The molecule has 1 aromatic carbocycles. The van der Waals surface area contributed by atoms with Crippen molar-refractivity contribution in [3.8, 4) is 0 Å². The summed E-state index contributed by atoms with van der Waals surface area (Å²) in [5.74, 6) is 0. The molecule has 1 rings (SSSR count). The number of sulfonamides is 1. The van der Waals surface area contributed by atoms with Crippen LogP contribution in [-0.2, 0) is 10.0 Å². The Kier molecular flexibility index (Phi) is 4.52. The second kappa shape index (κ2) is 5.29. The Hall–Kier alpha value is -0.390. The second-order valence-electron chi connectivity index (χ2n) is 3.77. The number of rotatable bonds is 4. The number of aryl methyl sites for hydroxylation is 2. The van der Waals surface area contributed by atoms with Crippen molar-refractivity contribution in [1.82, 2.24) is 4.72 Å². The summed E-state index contributed by atoms with van der Waals surface area (Å²) >= 11 is 3.42. The quantitative estimate of drug-likeness (QED) is 0.930. The van der Waals surface area contributed by atoms with Crippen LogP contribution in [0.5, 0.6) is 0 Å². The van der Waals surface area contributed by atoms with Gasteiger partial charge in [0, 0.05) is 11.0 Å². The predicted octanol–water partition coefficient (Wildman–Crippen LogP) is 2.75. The van der Waals surface area contributed by atoms with Gasteiger partial charge >= 0.3 is 0 Å². The minimum absolute atomic E-state index is 0.333. The zero-order chi connectivity index (χ0) is 12.3. The molecular formula is C11H16BrNO2S. The van der Waals surface area contributed by atoms with Crippen LogP contribution in [0.2, 0.25) is 0 Å². The van der Waals surface area contributed by atoms with E-state index >= 15 is 0 Å². The summed E-state index contributed by atoms with van der Waals surface area (Å²) in [7, 11) is -3.36. The highest BCUT2D eigenvalue weighted by Crippen LogP contribution is 2.24. The summed E-state index contributed by atoms with van der Waals surface area (Å²) in [6, 6.07) is 3.35. The molecule has 1 N–H and O–H groups in total. The zero-order valence-electron chi connectivity index (χ0n) is 9.67. The largest absolute Gasteiger partial charge is 0.240 e. The topological polar surface area (TPSA) is 46.2 Å². The van der Waals surface area contributed by atoms with Gasteiger partial charge in [0.05, 0.1) is 4.90 Å². The van der Waals surface area contributed by atoms with Crippen LogP contribution < -0.4 is 4.72 Å². The molecule has 0 spiro atoms. The smallest absolute Gasteiger partial charge is 0.211 e. The van der Waals surface area contributed by atoms with Gasteiger partial charge < -0.3 is 0 Å². The first-order chi connectivity index (χ1) is 7.38. The van der Waals surface area contributed by atoms with E-state index in [2.05, 4.69) is 20.7 Å². The van der Waals surface area contributed by atoms with Gasteiger partial charge in [-0.25, -0.2) is 13.1 Å². The molecule has 0 saturated carbocycles. The summed E-state index contributed by atoms with van der Waals surface area (Å²) < 4.78 is 27.3. The van der Waals surface area contributed by atoms with E-state index < -0.39 is 10.0 Å². The molecule has 0 unspecified atom stereocenters. The van der Waals surface area contributed by atoms with Crippen LogP contribution in [0.4, 0.5) is 0 Å². The van der Waals surface area contributed by atoms with Crippen molar-refractivity contribution in [2.45, 2.75) is 32.1 Å². The van der Waals surface area contributed by atoms with Crippen LogP contribution >= 0.6 is 15.9 Å². The van der Waals surface area contributed by atoms with E-state index in [9.17, 15) is 8.42 Å². The van der Waals surface area contributed by atoms with Crippen molar-refractivity contribution in [2.75, 3.05) is 6.54 Å². The van der Waals surface area contributed by atoms with E-state index in [1.165, 1.54) is 0 Å². The molecule has 5 heteroatoms. The van der Waals surface area contributed by atoms with Crippen LogP contribution in [0.3, 0.4) is 0 Å². The average Bonchev–Trinajstić information content (AvgIpc) is 2.22. The minimum Gasteiger partial charge on any atom is -0.211 e. The van der Waals surface area contributed by atoms with Crippen molar-refractivity contribution in [3.63, 3.8) is 0 Å². The second-order valence-corrected chi connectivity index (χ2v) is 6.33. The van der Waals surface area contributed by atoms with E-state index in [0.29, 0.717) is 11.4 Å². The van der Waals surface area contributed by atoms with Gasteiger partial charge in [-0.2, -0.15) is 0 Å². The van der Waals surface area contributed by atoms with Crippen LogP contribution in [0.1, 0.15) is 24.5 Å². The molecular weight excluding hydrogens is 290 g/mol. The molecule has 0 aromatic heterocycles. The summed E-state index contributed by atoms with van der Waals surface area (Å²) in [6.45, 7) is 6.17. The third-order valence-corrected chi connectivity index (χ3v) is 4.95. The predicted molar refractivity (Wildman–Crippen MR) is 69.1 cm³/mol. The van der Waals surface area contributed by atoms with Crippen LogP contribution in [0.15, 0.2) is 21.5 Å². The maximum atomic E-state index is 11.9. The van der Waals surface area contributed by atoms with Gasteiger partial charge in [-0.05, 0) is 43.5 Å². The highest BCUT2D eigenvalue weighted by molar-refractivity contribution is 9.10. The summed E-state index contributed by atoms with van der Waals surface area (Å²) in [4.78, 5) is 0.333. The molecule has 0 fully saturated rings. The fraction of sp³-hybridized carbons (Fsp3) is 0.455. The molecule has 1 aromatic rings. The molecule has 0 aliphatic rings. The Morgan fingerprint density at radius 1 is 1.25 bits per heavy atom. The maximum Gasteiger partial charge on any atom is 0.240 e. The van der Waals surface area contributed by atoms with Crippen molar-refractivity contribution < 1.29 is 8.42 Å². The lowest BCUT2D eigenvalue weighted by Gasteiger charge is -2.09. The molecule has 0 heterocycles. The van der Waals surface area contributed by atoms with E-state index in [4.69, 9.17) is 0 Å². The Morgan fingerprint density at radius 3 is 2.19 bits per heavy atom. The highest BCUT2D eigenvalue weighted by Gasteiger charge is 2.15. The van der Waals surface area contributed by atoms with Gasteiger partial charge in [0.15, 0.2) is 0 Å². The first-order valence-corrected chi connectivity index (χ1v) is 7.42. The fourth-order valence-corrected chi connectivity index (χ4v) is 2.91. The van der Waals surface area contributed by atoms with E-state index in [-0.39, 0.29) is 0 Å². The first-order valence-electron chi connectivity index (χ1n) is 5.15. The highest BCUT2D eigenvalue weighted by atomic mass is 79.9. The molecule has 0 aliphatic heterocycles. The molecule has 0 saturated heterocycles. The fourth-order valence-electron chi connectivity index (χ4n) is 1.38. The normalized spacial score (nSPS) is 11.8. The minimum atomic E-state index is -3.36. The number of halogens is 1. The van der Waals surface area contributed by atoms with E-state index in [1.807, 2.05) is 20.8 Å². The van der Waals surface area contributed by atoms with Gasteiger partial charge in [-0.3, -0.25) is 0 Å².